The van der Waals surface area contributed by atoms with Gasteiger partial charge in [0.05, 0.1) is 18.4 Å². The van der Waals surface area contributed by atoms with Crippen molar-refractivity contribution in [3.8, 4) is 5.75 Å². The molecule has 9 heteroatoms. The maximum absolute atomic E-state index is 12.5. The van der Waals surface area contributed by atoms with Crippen LogP contribution in [0.3, 0.4) is 0 Å². The molecule has 0 unspecified atom stereocenters. The van der Waals surface area contributed by atoms with E-state index in [0.29, 0.717) is 18.3 Å². The van der Waals surface area contributed by atoms with Gasteiger partial charge >= 0.3 is 6.18 Å². The monoisotopic (exact) mass is 413 g/mol. The van der Waals surface area contributed by atoms with Crippen LogP contribution in [0.4, 0.5) is 13.2 Å². The minimum absolute atomic E-state index is 0.0977. The van der Waals surface area contributed by atoms with E-state index in [1.54, 1.807) is 19.1 Å². The van der Waals surface area contributed by atoms with Crippen LogP contribution in [0.2, 0.25) is 0 Å². The van der Waals surface area contributed by atoms with Crippen LogP contribution in [0.15, 0.2) is 69.5 Å². The molecule has 6 nitrogen and oxygen atoms in total. The van der Waals surface area contributed by atoms with Crippen molar-refractivity contribution in [1.82, 2.24) is 0 Å². The standard InChI is InChI=1S/C14H12F3NO2.C5H9NO.CH5N/c1-10(18-9-13-6-3-7-19-13)20-12-5-2-4-11(8-12)14(15,16)17;1-4-7-5(2)6-3;1-2/h2-8H,9H2,1H3;2-4H2,1H3;2H2,1H3. The number of hydrogen-bond donors (Lipinski definition) is 1. The fourth-order valence-electron chi connectivity index (χ4n) is 1.74. The minimum Gasteiger partial charge on any atom is -0.478 e. The van der Waals surface area contributed by atoms with Gasteiger partial charge in [0, 0.05) is 6.92 Å². The number of nitrogens with zero attached hydrogens (tertiary/aromatic N) is 2. The first-order valence-electron chi connectivity index (χ1n) is 8.51. The highest BCUT2D eigenvalue weighted by Gasteiger charge is 2.30. The van der Waals surface area contributed by atoms with Gasteiger partial charge in [0.2, 0.25) is 5.88 Å². The van der Waals surface area contributed by atoms with Crippen molar-refractivity contribution in [3.63, 3.8) is 0 Å². The van der Waals surface area contributed by atoms with Gasteiger partial charge in [-0.15, -0.1) is 0 Å². The third kappa shape index (κ3) is 11.4. The highest BCUT2D eigenvalue weighted by atomic mass is 19.4. The Kier molecular flexibility index (Phi) is 12.5. The van der Waals surface area contributed by atoms with E-state index in [1.165, 1.54) is 25.4 Å². The lowest BCUT2D eigenvalue weighted by molar-refractivity contribution is -0.137. The Morgan fingerprint density at radius 2 is 1.90 bits per heavy atom. The summed E-state index contributed by atoms with van der Waals surface area (Å²) in [6, 6.07) is 8.14. The predicted octanol–water partition coefficient (Wildman–Crippen LogP) is 5.07. The number of hydrogen-bond acceptors (Lipinski definition) is 6. The van der Waals surface area contributed by atoms with Crippen LogP contribution in [0.25, 0.3) is 0 Å². The van der Waals surface area contributed by atoms with Gasteiger partial charge in [-0.1, -0.05) is 6.07 Å². The Morgan fingerprint density at radius 3 is 2.38 bits per heavy atom. The lowest BCUT2D eigenvalue weighted by Gasteiger charge is -2.09. The number of rotatable bonds is 6. The van der Waals surface area contributed by atoms with Gasteiger partial charge in [0.1, 0.15) is 18.1 Å². The molecule has 0 saturated heterocycles. The smallest absolute Gasteiger partial charge is 0.416 e. The molecule has 0 bridgehead atoms. The molecule has 0 amide bonds. The summed E-state index contributed by atoms with van der Waals surface area (Å²) in [5, 5.41) is 0. The summed E-state index contributed by atoms with van der Waals surface area (Å²) in [4.78, 5) is 7.48. The number of nitrogens with two attached hydrogens (primary N) is 1. The van der Waals surface area contributed by atoms with E-state index >= 15 is 0 Å². The largest absolute Gasteiger partial charge is 0.478 e. The molecule has 0 radical (unpaired) electrons. The number of halogens is 3. The maximum atomic E-state index is 12.5. The Morgan fingerprint density at radius 1 is 1.21 bits per heavy atom. The zero-order valence-electron chi connectivity index (χ0n) is 16.7. The third-order valence-corrected chi connectivity index (χ3v) is 2.95. The van der Waals surface area contributed by atoms with E-state index in [2.05, 4.69) is 29.0 Å². The maximum Gasteiger partial charge on any atom is 0.416 e. The van der Waals surface area contributed by atoms with Crippen molar-refractivity contribution >= 4 is 12.6 Å². The SMILES string of the molecule is C=NC(=C)OCC.CC(=NCc1ccco1)Oc1cccc(C(F)(F)F)c1.CN. The van der Waals surface area contributed by atoms with E-state index in [0.717, 1.165) is 12.1 Å². The van der Waals surface area contributed by atoms with Crippen LogP contribution < -0.4 is 10.5 Å². The molecule has 0 fully saturated rings. The molecule has 160 valence electrons. The molecule has 1 heterocycles. The molecule has 0 spiro atoms. The topological polar surface area (TPSA) is 82.3 Å². The van der Waals surface area contributed by atoms with Crippen molar-refractivity contribution in [2.24, 2.45) is 15.7 Å². The highest BCUT2D eigenvalue weighted by Crippen LogP contribution is 2.31. The number of benzene rings is 1. The van der Waals surface area contributed by atoms with Gasteiger partial charge in [0.25, 0.3) is 0 Å². The Hall–Kier alpha value is -3.07. The van der Waals surface area contributed by atoms with Gasteiger partial charge in [0.15, 0.2) is 5.90 Å². The van der Waals surface area contributed by atoms with Crippen molar-refractivity contribution in [2.45, 2.75) is 26.6 Å². The second-order valence-corrected chi connectivity index (χ2v) is 5.03. The van der Waals surface area contributed by atoms with Crippen LogP contribution in [-0.2, 0) is 17.5 Å². The van der Waals surface area contributed by atoms with Crippen molar-refractivity contribution in [1.29, 1.82) is 0 Å². The summed E-state index contributed by atoms with van der Waals surface area (Å²) in [5.41, 5.74) is 3.74. The van der Waals surface area contributed by atoms with Crippen LogP contribution in [0.5, 0.6) is 5.75 Å². The number of alkyl halides is 3. The van der Waals surface area contributed by atoms with E-state index in [9.17, 15) is 13.2 Å². The summed E-state index contributed by atoms with van der Waals surface area (Å²) in [6.45, 7) is 10.9. The van der Waals surface area contributed by atoms with Crippen molar-refractivity contribution < 1.29 is 27.1 Å². The highest BCUT2D eigenvalue weighted by molar-refractivity contribution is 5.75. The minimum atomic E-state index is -4.39. The Labute approximate surface area is 168 Å². The second-order valence-electron chi connectivity index (χ2n) is 5.03. The average molecular weight is 413 g/mol. The summed E-state index contributed by atoms with van der Waals surface area (Å²) < 4.78 is 52.7. The van der Waals surface area contributed by atoms with Crippen molar-refractivity contribution in [3.05, 3.63) is 66.4 Å². The van der Waals surface area contributed by atoms with Crippen LogP contribution >= 0.6 is 0 Å². The van der Waals surface area contributed by atoms with E-state index in [4.69, 9.17) is 13.9 Å². The Bertz CT molecular complexity index is 758. The lowest BCUT2D eigenvalue weighted by Crippen LogP contribution is -2.07. The summed E-state index contributed by atoms with van der Waals surface area (Å²) >= 11 is 0. The molecule has 0 atom stereocenters. The molecule has 0 saturated carbocycles. The van der Waals surface area contributed by atoms with Gasteiger partial charge in [-0.05, 0) is 57.6 Å². The quantitative estimate of drug-likeness (QED) is 0.407. The van der Waals surface area contributed by atoms with Crippen LogP contribution in [-0.4, -0.2) is 26.3 Å². The first kappa shape index (κ1) is 25.9. The first-order chi connectivity index (χ1) is 13.8. The summed E-state index contributed by atoms with van der Waals surface area (Å²) in [6.07, 6.45) is -2.87. The first-order valence-corrected chi connectivity index (χ1v) is 8.51. The molecule has 0 aliphatic heterocycles. The molecule has 0 aliphatic carbocycles. The molecule has 1 aromatic carbocycles. The third-order valence-electron chi connectivity index (χ3n) is 2.95. The van der Waals surface area contributed by atoms with Gasteiger partial charge in [-0.25, -0.2) is 9.98 Å². The number of aliphatic imine (C=N–C) groups is 2. The summed E-state index contributed by atoms with van der Waals surface area (Å²) in [5.74, 6) is 1.40. The Balaban J connectivity index is 0.000000740. The molecular formula is C20H26F3N3O3. The van der Waals surface area contributed by atoms with E-state index in [-0.39, 0.29) is 18.2 Å². The van der Waals surface area contributed by atoms with Crippen LogP contribution in [0.1, 0.15) is 25.2 Å². The van der Waals surface area contributed by atoms with E-state index in [1.807, 2.05) is 6.92 Å². The normalized spacial score (nSPS) is 10.7. The second kappa shape index (κ2) is 14.0. The molecule has 0 aliphatic rings. The van der Waals surface area contributed by atoms with Gasteiger partial charge in [-0.2, -0.15) is 13.2 Å². The summed E-state index contributed by atoms with van der Waals surface area (Å²) in [7, 11) is 1.50. The van der Waals surface area contributed by atoms with Gasteiger partial charge in [-0.3, -0.25) is 0 Å². The molecule has 2 N–H and O–H groups in total. The van der Waals surface area contributed by atoms with Crippen LogP contribution in [0, 0.1) is 0 Å². The molecule has 1 aromatic heterocycles. The van der Waals surface area contributed by atoms with E-state index < -0.39 is 11.7 Å². The molecule has 29 heavy (non-hydrogen) atoms. The molecule has 2 rings (SSSR count). The predicted molar refractivity (Wildman–Crippen MR) is 108 cm³/mol. The zero-order valence-corrected chi connectivity index (χ0v) is 16.7. The molecule has 2 aromatic rings. The zero-order chi connectivity index (χ0) is 22.3. The fourth-order valence-corrected chi connectivity index (χ4v) is 1.74. The average Bonchev–Trinajstić information content (AvgIpc) is 3.22. The van der Waals surface area contributed by atoms with Crippen molar-refractivity contribution in [2.75, 3.05) is 13.7 Å². The molecular weight excluding hydrogens is 387 g/mol. The number of furan rings is 1. The van der Waals surface area contributed by atoms with Gasteiger partial charge < -0.3 is 19.6 Å². The lowest BCUT2D eigenvalue weighted by atomic mass is 10.2. The number of ether oxygens (including phenoxy) is 2. The fraction of sp³-hybridized carbons (Fsp3) is 0.300.